The molecule has 0 N–H and O–H groups in total. The number of para-hydroxylation sites is 1. The molecule has 0 aliphatic rings. The minimum Gasteiger partial charge on any atom is -0.314 e. The predicted molar refractivity (Wildman–Crippen MR) is 91.5 cm³/mol. The number of aromatic nitrogens is 2. The Labute approximate surface area is 133 Å². The summed E-state index contributed by atoms with van der Waals surface area (Å²) in [7, 11) is 0. The van der Waals surface area contributed by atoms with Crippen molar-refractivity contribution in [2.75, 3.05) is 0 Å². The number of halogens is 1. The van der Waals surface area contributed by atoms with Crippen LogP contribution in [0.25, 0.3) is 27.7 Å². The molecule has 2 aromatic carbocycles. The van der Waals surface area contributed by atoms with E-state index in [1.807, 2.05) is 48.8 Å². The van der Waals surface area contributed by atoms with E-state index in [9.17, 15) is 0 Å². The summed E-state index contributed by atoms with van der Waals surface area (Å²) in [6.45, 7) is 0. The molecule has 0 aliphatic carbocycles. The van der Waals surface area contributed by atoms with Crippen LogP contribution < -0.4 is 0 Å². The highest BCUT2D eigenvalue weighted by Gasteiger charge is 2.09. The molecule has 2 nitrogen and oxygen atoms in total. The molecule has 4 aromatic rings. The Kier molecular flexibility index (Phi) is 3.17. The summed E-state index contributed by atoms with van der Waals surface area (Å²) in [5.41, 5.74) is 4.41. The molecule has 0 spiro atoms. The number of hydrogen-bond acceptors (Lipinski definition) is 1. The molecule has 106 valence electrons. The Hall–Kier alpha value is -2.58. The molecule has 0 bridgehead atoms. The van der Waals surface area contributed by atoms with Crippen LogP contribution in [0.4, 0.5) is 0 Å². The van der Waals surface area contributed by atoms with Gasteiger partial charge in [-0.25, -0.2) is 0 Å². The quantitative estimate of drug-likeness (QED) is 0.488. The first-order valence-electron chi connectivity index (χ1n) is 7.09. The maximum absolute atomic E-state index is 6.14. The first-order chi connectivity index (χ1) is 10.8. The molecule has 4 rings (SSSR count). The zero-order valence-electron chi connectivity index (χ0n) is 11.8. The molecular formula is C19H13ClN2. The standard InChI is InChI=1S/C19H13ClN2/c20-16-6-3-5-15(12-16)17-8-10-21-13-19(17)22-11-9-14-4-1-2-7-18(14)22/h1-13H. The first-order valence-corrected chi connectivity index (χ1v) is 7.47. The largest absolute Gasteiger partial charge is 0.314 e. The maximum Gasteiger partial charge on any atom is 0.0718 e. The Morgan fingerprint density at radius 2 is 1.82 bits per heavy atom. The molecule has 0 radical (unpaired) electrons. The molecule has 3 heteroatoms. The number of fused-ring (bicyclic) bond motifs is 1. The van der Waals surface area contributed by atoms with Crippen LogP contribution in [0.3, 0.4) is 0 Å². The Bertz CT molecular complexity index is 956. The molecule has 2 aromatic heterocycles. The van der Waals surface area contributed by atoms with Gasteiger partial charge < -0.3 is 4.57 Å². The summed E-state index contributed by atoms with van der Waals surface area (Å²) in [4.78, 5) is 4.30. The van der Waals surface area contributed by atoms with Gasteiger partial charge in [0.05, 0.1) is 17.4 Å². The van der Waals surface area contributed by atoms with Crippen LogP contribution in [0, 0.1) is 0 Å². The number of hydrogen-bond donors (Lipinski definition) is 0. The zero-order valence-corrected chi connectivity index (χ0v) is 12.5. The minimum atomic E-state index is 0.734. The highest BCUT2D eigenvalue weighted by Crippen LogP contribution is 2.30. The molecule has 0 unspecified atom stereocenters. The minimum absolute atomic E-state index is 0.734. The fraction of sp³-hybridized carbons (Fsp3) is 0. The number of nitrogens with zero attached hydrogens (tertiary/aromatic N) is 2. The fourth-order valence-electron chi connectivity index (χ4n) is 2.77. The lowest BCUT2D eigenvalue weighted by Gasteiger charge is -2.12. The van der Waals surface area contributed by atoms with Crippen LogP contribution in [0.15, 0.2) is 79.3 Å². The second-order valence-electron chi connectivity index (χ2n) is 5.15. The van der Waals surface area contributed by atoms with E-state index in [1.165, 1.54) is 10.9 Å². The van der Waals surface area contributed by atoms with Crippen molar-refractivity contribution in [2.45, 2.75) is 0 Å². The summed E-state index contributed by atoms with van der Waals surface area (Å²) in [5, 5.41) is 1.95. The van der Waals surface area contributed by atoms with Crippen LogP contribution in [0.1, 0.15) is 0 Å². The van der Waals surface area contributed by atoms with Crippen LogP contribution >= 0.6 is 11.6 Å². The molecule has 0 aliphatic heterocycles. The molecule has 0 fully saturated rings. The van der Waals surface area contributed by atoms with Crippen molar-refractivity contribution in [2.24, 2.45) is 0 Å². The zero-order chi connectivity index (χ0) is 14.9. The molecule has 2 heterocycles. The van der Waals surface area contributed by atoms with E-state index in [2.05, 4.69) is 40.0 Å². The first kappa shape index (κ1) is 13.1. The van der Waals surface area contributed by atoms with E-state index in [1.54, 1.807) is 0 Å². The summed E-state index contributed by atoms with van der Waals surface area (Å²) >= 11 is 6.14. The van der Waals surface area contributed by atoms with Crippen molar-refractivity contribution in [3.8, 4) is 16.8 Å². The van der Waals surface area contributed by atoms with Gasteiger partial charge in [0, 0.05) is 23.0 Å². The SMILES string of the molecule is Clc1cccc(-c2ccncc2-n2ccc3ccccc32)c1. The van der Waals surface area contributed by atoms with E-state index in [0.29, 0.717) is 0 Å². The maximum atomic E-state index is 6.14. The molecule has 22 heavy (non-hydrogen) atoms. The van der Waals surface area contributed by atoms with Gasteiger partial charge in [0.15, 0.2) is 0 Å². The Balaban J connectivity index is 1.97. The van der Waals surface area contributed by atoms with Crippen LogP contribution in [0.5, 0.6) is 0 Å². The van der Waals surface area contributed by atoms with Gasteiger partial charge in [-0.15, -0.1) is 0 Å². The van der Waals surface area contributed by atoms with Crippen LogP contribution in [-0.2, 0) is 0 Å². The highest BCUT2D eigenvalue weighted by atomic mass is 35.5. The number of rotatable bonds is 2. The van der Waals surface area contributed by atoms with E-state index in [4.69, 9.17) is 11.6 Å². The molecule has 0 saturated carbocycles. The topological polar surface area (TPSA) is 17.8 Å². The summed E-state index contributed by atoms with van der Waals surface area (Å²) in [6, 6.07) is 20.4. The van der Waals surface area contributed by atoms with Crippen molar-refractivity contribution in [3.05, 3.63) is 84.3 Å². The normalized spacial score (nSPS) is 11.0. The number of pyridine rings is 1. The smallest absolute Gasteiger partial charge is 0.0718 e. The van der Waals surface area contributed by atoms with E-state index in [-0.39, 0.29) is 0 Å². The third-order valence-electron chi connectivity index (χ3n) is 3.79. The second-order valence-corrected chi connectivity index (χ2v) is 5.58. The lowest BCUT2D eigenvalue weighted by molar-refractivity contribution is 1.10. The van der Waals surface area contributed by atoms with E-state index < -0.39 is 0 Å². The van der Waals surface area contributed by atoms with Crippen molar-refractivity contribution in [3.63, 3.8) is 0 Å². The van der Waals surface area contributed by atoms with Crippen LogP contribution in [-0.4, -0.2) is 9.55 Å². The summed E-state index contributed by atoms with van der Waals surface area (Å²) < 4.78 is 2.17. The average Bonchev–Trinajstić information content (AvgIpc) is 2.99. The van der Waals surface area contributed by atoms with Crippen molar-refractivity contribution in [1.29, 1.82) is 0 Å². The van der Waals surface area contributed by atoms with Gasteiger partial charge in [0.2, 0.25) is 0 Å². The Morgan fingerprint density at radius 1 is 0.909 bits per heavy atom. The third-order valence-corrected chi connectivity index (χ3v) is 4.03. The lowest BCUT2D eigenvalue weighted by atomic mass is 10.1. The van der Waals surface area contributed by atoms with Gasteiger partial charge in [-0.05, 0) is 41.3 Å². The average molecular weight is 305 g/mol. The van der Waals surface area contributed by atoms with Gasteiger partial charge in [0.25, 0.3) is 0 Å². The Morgan fingerprint density at radius 3 is 2.73 bits per heavy atom. The van der Waals surface area contributed by atoms with Crippen LogP contribution in [0.2, 0.25) is 5.02 Å². The predicted octanol–water partition coefficient (Wildman–Crippen LogP) is 5.35. The summed E-state index contributed by atoms with van der Waals surface area (Å²) in [5.74, 6) is 0. The fourth-order valence-corrected chi connectivity index (χ4v) is 2.96. The van der Waals surface area contributed by atoms with Gasteiger partial charge >= 0.3 is 0 Å². The van der Waals surface area contributed by atoms with Gasteiger partial charge in [-0.3, -0.25) is 4.98 Å². The highest BCUT2D eigenvalue weighted by molar-refractivity contribution is 6.30. The van der Waals surface area contributed by atoms with Crippen molar-refractivity contribution < 1.29 is 0 Å². The monoisotopic (exact) mass is 304 g/mol. The third kappa shape index (κ3) is 2.18. The van der Waals surface area contributed by atoms with Gasteiger partial charge in [-0.1, -0.05) is 41.9 Å². The second kappa shape index (κ2) is 5.32. The van der Waals surface area contributed by atoms with E-state index >= 15 is 0 Å². The number of benzene rings is 2. The molecular weight excluding hydrogens is 292 g/mol. The summed E-state index contributed by atoms with van der Waals surface area (Å²) in [6.07, 6.45) is 5.78. The van der Waals surface area contributed by atoms with Crippen molar-refractivity contribution in [1.82, 2.24) is 9.55 Å². The molecule has 0 amide bonds. The van der Waals surface area contributed by atoms with E-state index in [0.717, 1.165) is 21.8 Å². The lowest BCUT2D eigenvalue weighted by Crippen LogP contribution is -1.96. The molecule has 0 atom stereocenters. The molecule has 0 saturated heterocycles. The van der Waals surface area contributed by atoms with Gasteiger partial charge in [-0.2, -0.15) is 0 Å². The van der Waals surface area contributed by atoms with Crippen molar-refractivity contribution >= 4 is 22.5 Å². The van der Waals surface area contributed by atoms with Gasteiger partial charge in [0.1, 0.15) is 0 Å².